The van der Waals surface area contributed by atoms with Crippen LogP contribution in [0.3, 0.4) is 0 Å². The van der Waals surface area contributed by atoms with Gasteiger partial charge in [-0.3, -0.25) is 0 Å². The average molecular weight is 971 g/mol. The standard InChI is InChI=1S/C72H50N4/c1-71(2)57-29-13-11-23-47(57)49-37-35-45(39-59(49)71)73(43-19-7-5-8-20-43)61-31-17-33-63-67(61)53-27-15-25-51-55-42-66-56(41-65(55)75(63)69(51)53)52-26-16-28-54-68-62(32-18-34-64(68)76(66)70(52)54)74(44-21-9-6-10-22-44)46-36-38-50-48-24-12-14-30-58(48)72(3,4)60(50)40-46/h5-42H,1-4H3. The number of para-hydroxylation sites is 4. The molecule has 0 bridgehead atoms. The van der Waals surface area contributed by atoms with E-state index in [0.29, 0.717) is 0 Å². The summed E-state index contributed by atoms with van der Waals surface area (Å²) in [5, 5.41) is 10.1. The zero-order chi connectivity index (χ0) is 50.3. The van der Waals surface area contributed by atoms with Crippen molar-refractivity contribution >= 4 is 110 Å². The molecule has 4 aromatic heterocycles. The summed E-state index contributed by atoms with van der Waals surface area (Å²) in [7, 11) is 0. The third-order valence-corrected chi connectivity index (χ3v) is 17.9. The quantitative estimate of drug-likeness (QED) is 0.165. The highest BCUT2D eigenvalue weighted by Crippen LogP contribution is 2.55. The molecule has 0 saturated heterocycles. The number of fused-ring (bicyclic) bond motifs is 18. The predicted molar refractivity (Wildman–Crippen MR) is 320 cm³/mol. The summed E-state index contributed by atoms with van der Waals surface area (Å²) >= 11 is 0. The number of hydrogen-bond acceptors (Lipinski definition) is 2. The molecule has 2 aliphatic carbocycles. The van der Waals surface area contributed by atoms with Crippen molar-refractivity contribution in [3.63, 3.8) is 0 Å². The number of benzene rings is 11. The molecule has 4 heterocycles. The van der Waals surface area contributed by atoms with Crippen LogP contribution in [0.15, 0.2) is 231 Å². The van der Waals surface area contributed by atoms with Crippen molar-refractivity contribution in [2.45, 2.75) is 38.5 Å². The Bertz CT molecular complexity index is 4620. The molecular weight excluding hydrogens is 921 g/mol. The molecule has 0 amide bonds. The highest BCUT2D eigenvalue weighted by Gasteiger charge is 2.38. The van der Waals surface area contributed by atoms with Crippen LogP contribution in [-0.2, 0) is 10.8 Å². The Hall–Kier alpha value is -9.38. The van der Waals surface area contributed by atoms with Gasteiger partial charge in [-0.15, -0.1) is 0 Å². The van der Waals surface area contributed by atoms with Gasteiger partial charge in [0.15, 0.2) is 0 Å². The Kier molecular flexibility index (Phi) is 8.12. The van der Waals surface area contributed by atoms with E-state index in [1.54, 1.807) is 0 Å². The smallest absolute Gasteiger partial charge is 0.0621 e. The van der Waals surface area contributed by atoms with E-state index in [2.05, 4.69) is 277 Å². The number of rotatable bonds is 6. The number of hydrogen-bond donors (Lipinski definition) is 0. The minimum absolute atomic E-state index is 0.123. The third kappa shape index (κ3) is 5.28. The summed E-state index contributed by atoms with van der Waals surface area (Å²) in [5.41, 5.74) is 24.9. The van der Waals surface area contributed by atoms with Crippen LogP contribution in [0, 0.1) is 0 Å². The van der Waals surface area contributed by atoms with Gasteiger partial charge in [-0.2, -0.15) is 0 Å². The Balaban J connectivity index is 0.879. The van der Waals surface area contributed by atoms with Gasteiger partial charge >= 0.3 is 0 Å². The molecule has 358 valence electrons. The summed E-state index contributed by atoms with van der Waals surface area (Å²) in [4.78, 5) is 4.97. The minimum Gasteiger partial charge on any atom is -0.310 e. The molecule has 0 unspecified atom stereocenters. The van der Waals surface area contributed by atoms with Gasteiger partial charge in [0.25, 0.3) is 0 Å². The molecule has 2 aliphatic rings. The van der Waals surface area contributed by atoms with Gasteiger partial charge in [0.05, 0.1) is 44.5 Å². The minimum atomic E-state index is -0.123. The average Bonchev–Trinajstić information content (AvgIpc) is 4.47. The molecule has 0 aliphatic heterocycles. The topological polar surface area (TPSA) is 15.3 Å². The molecule has 0 spiro atoms. The molecule has 11 aromatic carbocycles. The summed E-state index contributed by atoms with van der Waals surface area (Å²) in [5.74, 6) is 0. The molecule has 76 heavy (non-hydrogen) atoms. The first kappa shape index (κ1) is 42.0. The maximum Gasteiger partial charge on any atom is 0.0621 e. The number of aromatic nitrogens is 2. The van der Waals surface area contributed by atoms with Crippen LogP contribution in [0.25, 0.3) is 98.4 Å². The second-order valence-electron chi connectivity index (χ2n) is 22.4. The van der Waals surface area contributed by atoms with Crippen molar-refractivity contribution in [1.29, 1.82) is 0 Å². The van der Waals surface area contributed by atoms with Crippen LogP contribution in [0.5, 0.6) is 0 Å². The number of nitrogens with zero attached hydrogens (tertiary/aromatic N) is 4. The van der Waals surface area contributed by atoms with E-state index >= 15 is 0 Å². The van der Waals surface area contributed by atoms with Crippen molar-refractivity contribution < 1.29 is 0 Å². The first-order chi connectivity index (χ1) is 37.3. The van der Waals surface area contributed by atoms with E-state index < -0.39 is 0 Å². The van der Waals surface area contributed by atoms with E-state index in [-0.39, 0.29) is 10.8 Å². The Morgan fingerprint density at radius 1 is 0.276 bits per heavy atom. The van der Waals surface area contributed by atoms with Crippen molar-refractivity contribution in [3.8, 4) is 22.3 Å². The fraction of sp³-hybridized carbons (Fsp3) is 0.0833. The third-order valence-electron chi connectivity index (χ3n) is 17.9. The van der Waals surface area contributed by atoms with Gasteiger partial charge in [-0.1, -0.05) is 173 Å². The second kappa shape index (κ2) is 14.7. The lowest BCUT2D eigenvalue weighted by molar-refractivity contribution is 0.660. The summed E-state index contributed by atoms with van der Waals surface area (Å²) in [6, 6.07) is 86.6. The Morgan fingerprint density at radius 2 is 0.658 bits per heavy atom. The second-order valence-corrected chi connectivity index (χ2v) is 22.4. The highest BCUT2D eigenvalue weighted by atomic mass is 15.2. The first-order valence-corrected chi connectivity index (χ1v) is 26.8. The van der Waals surface area contributed by atoms with Crippen molar-refractivity contribution in [1.82, 2.24) is 8.80 Å². The maximum atomic E-state index is 2.56. The molecule has 0 atom stereocenters. The van der Waals surface area contributed by atoms with Gasteiger partial charge in [0.2, 0.25) is 0 Å². The first-order valence-electron chi connectivity index (χ1n) is 26.8. The summed E-state index contributed by atoms with van der Waals surface area (Å²) in [6.45, 7) is 9.49. The molecule has 4 nitrogen and oxygen atoms in total. The highest BCUT2D eigenvalue weighted by molar-refractivity contribution is 6.31. The molecular formula is C72H50N4. The number of anilines is 6. The monoisotopic (exact) mass is 970 g/mol. The summed E-state index contributed by atoms with van der Waals surface area (Å²) < 4.78 is 5.12. The molecule has 0 radical (unpaired) electrons. The van der Waals surface area contributed by atoms with Crippen LogP contribution < -0.4 is 9.80 Å². The van der Waals surface area contributed by atoms with Crippen LogP contribution in [0.4, 0.5) is 34.1 Å². The van der Waals surface area contributed by atoms with E-state index in [9.17, 15) is 0 Å². The van der Waals surface area contributed by atoms with Crippen LogP contribution in [-0.4, -0.2) is 8.80 Å². The van der Waals surface area contributed by atoms with Crippen molar-refractivity contribution in [3.05, 3.63) is 253 Å². The normalized spacial score (nSPS) is 14.3. The molecule has 0 N–H and O–H groups in total. The van der Waals surface area contributed by atoms with E-state index in [4.69, 9.17) is 0 Å². The lowest BCUT2D eigenvalue weighted by Gasteiger charge is -2.28. The van der Waals surface area contributed by atoms with E-state index in [1.165, 1.54) is 132 Å². The van der Waals surface area contributed by atoms with Crippen LogP contribution >= 0.6 is 0 Å². The van der Waals surface area contributed by atoms with Gasteiger partial charge in [0.1, 0.15) is 0 Å². The lowest BCUT2D eigenvalue weighted by Crippen LogP contribution is -2.16. The van der Waals surface area contributed by atoms with Gasteiger partial charge in [0, 0.05) is 76.7 Å². The lowest BCUT2D eigenvalue weighted by atomic mass is 9.82. The zero-order valence-corrected chi connectivity index (χ0v) is 42.7. The molecule has 17 rings (SSSR count). The van der Waals surface area contributed by atoms with Gasteiger partial charge in [-0.25, -0.2) is 0 Å². The van der Waals surface area contributed by atoms with Crippen LogP contribution in [0.1, 0.15) is 49.9 Å². The van der Waals surface area contributed by atoms with Crippen molar-refractivity contribution in [2.75, 3.05) is 9.80 Å². The van der Waals surface area contributed by atoms with Crippen molar-refractivity contribution in [2.24, 2.45) is 0 Å². The molecule has 15 aromatic rings. The maximum absolute atomic E-state index is 2.56. The Morgan fingerprint density at radius 3 is 1.11 bits per heavy atom. The van der Waals surface area contributed by atoms with Crippen LogP contribution in [0.2, 0.25) is 0 Å². The zero-order valence-electron chi connectivity index (χ0n) is 42.7. The SMILES string of the molecule is CC1(C)c2ccccc2-c2ccc(N(c3ccccc3)c3cccc4c3c3cccc5c6cc7c(cc6n4c53)c3cccc4c5c(N(c6ccccc6)c6ccc8c(c6)C(C)(C)c6ccccc6-8)cccc5n7c34)cc21. The summed E-state index contributed by atoms with van der Waals surface area (Å²) in [6.07, 6.45) is 0. The largest absolute Gasteiger partial charge is 0.310 e. The molecule has 0 saturated carbocycles. The van der Waals surface area contributed by atoms with E-state index in [0.717, 1.165) is 22.7 Å². The fourth-order valence-electron chi connectivity index (χ4n) is 14.6. The van der Waals surface area contributed by atoms with E-state index in [1.807, 2.05) is 0 Å². The van der Waals surface area contributed by atoms with Gasteiger partial charge < -0.3 is 18.6 Å². The molecule has 4 heteroatoms. The fourth-order valence-corrected chi connectivity index (χ4v) is 14.6. The van der Waals surface area contributed by atoms with Gasteiger partial charge in [-0.05, 0) is 129 Å². The Labute approximate surface area is 440 Å². The molecule has 0 fully saturated rings. The predicted octanol–water partition coefficient (Wildman–Crippen LogP) is 19.5.